The van der Waals surface area contributed by atoms with Crippen LogP contribution in [0.25, 0.3) is 0 Å². The Morgan fingerprint density at radius 1 is 1.22 bits per heavy atom. The molecule has 0 bridgehead atoms. The molecule has 0 saturated carbocycles. The van der Waals surface area contributed by atoms with E-state index in [1.54, 1.807) is 0 Å². The summed E-state index contributed by atoms with van der Waals surface area (Å²) >= 11 is 0. The molecule has 0 rings (SSSR count). The minimum atomic E-state index is 0. The summed E-state index contributed by atoms with van der Waals surface area (Å²) in [7, 11) is 0. The van der Waals surface area contributed by atoms with Crippen LogP contribution in [0.5, 0.6) is 0 Å². The minimum Gasteiger partial charge on any atom is -0.0917 e. The summed E-state index contributed by atoms with van der Waals surface area (Å²) in [6, 6.07) is 0. The second kappa shape index (κ2) is 11.2. The molecule has 0 aromatic carbocycles. The van der Waals surface area contributed by atoms with Crippen LogP contribution in [-0.2, 0) is 19.5 Å². The van der Waals surface area contributed by atoms with Crippen LogP contribution in [-0.4, -0.2) is 0 Å². The Labute approximate surface area is 71.5 Å². The van der Waals surface area contributed by atoms with Gasteiger partial charge in [0.15, 0.2) is 0 Å². The van der Waals surface area contributed by atoms with E-state index >= 15 is 0 Å². The van der Waals surface area contributed by atoms with E-state index in [0.717, 1.165) is 0 Å². The van der Waals surface area contributed by atoms with Gasteiger partial charge in [0.05, 0.1) is 0 Å². The second-order valence-electron chi connectivity index (χ2n) is 2.06. The molecule has 57 valence electrons. The van der Waals surface area contributed by atoms with Crippen molar-refractivity contribution in [2.24, 2.45) is 0 Å². The molecule has 0 aliphatic carbocycles. The maximum absolute atomic E-state index is 2.23. The van der Waals surface area contributed by atoms with Crippen LogP contribution in [0.2, 0.25) is 0 Å². The first-order chi connectivity index (χ1) is 3.91. The molecule has 0 aromatic rings. The van der Waals surface area contributed by atoms with Gasteiger partial charge in [0.25, 0.3) is 0 Å². The fraction of sp³-hybridized carbons (Fsp3) is 0.750. The summed E-state index contributed by atoms with van der Waals surface area (Å²) < 4.78 is 0. The molecular formula is C8H16Rh. The number of allylic oxidation sites excluding steroid dienone is 2. The normalized spacial score (nSPS) is 9.56. The third-order valence-corrected chi connectivity index (χ3v) is 1.21. The van der Waals surface area contributed by atoms with Gasteiger partial charge in [-0.3, -0.25) is 0 Å². The molecule has 1 heteroatoms. The van der Waals surface area contributed by atoms with Crippen molar-refractivity contribution in [2.45, 2.75) is 39.5 Å². The molecule has 0 aliphatic rings. The van der Waals surface area contributed by atoms with E-state index in [0.29, 0.717) is 0 Å². The van der Waals surface area contributed by atoms with Gasteiger partial charge in [0.1, 0.15) is 0 Å². The topological polar surface area (TPSA) is 0 Å². The van der Waals surface area contributed by atoms with Gasteiger partial charge < -0.3 is 0 Å². The molecule has 0 amide bonds. The van der Waals surface area contributed by atoms with Crippen LogP contribution >= 0.6 is 0 Å². The van der Waals surface area contributed by atoms with Crippen LogP contribution < -0.4 is 0 Å². The third kappa shape index (κ3) is 11.8. The predicted molar refractivity (Wildman–Crippen MR) is 39.0 cm³/mol. The first kappa shape index (κ1) is 12.1. The van der Waals surface area contributed by atoms with Crippen molar-refractivity contribution in [1.82, 2.24) is 0 Å². The van der Waals surface area contributed by atoms with E-state index in [9.17, 15) is 0 Å². The van der Waals surface area contributed by atoms with Gasteiger partial charge in [-0.25, -0.2) is 0 Å². The SMILES string of the molecule is C/C=C/CCCCC.[Rh]. The largest absolute Gasteiger partial charge is 0.0917 e. The molecule has 1 radical (unpaired) electrons. The average molecular weight is 215 g/mol. The van der Waals surface area contributed by atoms with Crippen molar-refractivity contribution in [3.05, 3.63) is 12.2 Å². The number of hydrogen-bond acceptors (Lipinski definition) is 0. The zero-order valence-electron chi connectivity index (χ0n) is 6.32. The Bertz CT molecular complexity index is 57.6. The number of hydrogen-bond donors (Lipinski definition) is 0. The first-order valence-corrected chi connectivity index (χ1v) is 3.53. The molecule has 0 aliphatic heterocycles. The molecule has 0 saturated heterocycles. The average Bonchev–Trinajstić information content (AvgIpc) is 1.81. The summed E-state index contributed by atoms with van der Waals surface area (Å²) in [6.07, 6.45) is 9.69. The Hall–Kier alpha value is 0.363. The quantitative estimate of drug-likeness (QED) is 0.384. The van der Waals surface area contributed by atoms with Crippen LogP contribution in [0.1, 0.15) is 39.5 Å². The van der Waals surface area contributed by atoms with E-state index in [-0.39, 0.29) is 19.5 Å². The third-order valence-electron chi connectivity index (χ3n) is 1.21. The Morgan fingerprint density at radius 2 is 1.89 bits per heavy atom. The molecule has 9 heavy (non-hydrogen) atoms. The fourth-order valence-corrected chi connectivity index (χ4v) is 0.679. The summed E-state index contributed by atoms with van der Waals surface area (Å²) in [5, 5.41) is 0. The summed E-state index contributed by atoms with van der Waals surface area (Å²) in [4.78, 5) is 0. The second-order valence-corrected chi connectivity index (χ2v) is 2.06. The first-order valence-electron chi connectivity index (χ1n) is 3.53. The van der Waals surface area contributed by atoms with E-state index in [1.807, 2.05) is 0 Å². The molecule has 0 nitrogen and oxygen atoms in total. The Morgan fingerprint density at radius 3 is 2.33 bits per heavy atom. The molecule has 0 N–H and O–H groups in total. The van der Waals surface area contributed by atoms with Crippen molar-refractivity contribution in [2.75, 3.05) is 0 Å². The number of unbranched alkanes of at least 4 members (excludes halogenated alkanes) is 3. The maximum Gasteiger partial charge on any atom is 0 e. The fourth-order valence-electron chi connectivity index (χ4n) is 0.679. The molecule has 0 spiro atoms. The number of rotatable bonds is 4. The predicted octanol–water partition coefficient (Wildman–Crippen LogP) is 3.14. The molecule has 0 fully saturated rings. The standard InChI is InChI=1S/C8H16.Rh/c1-3-5-7-8-6-4-2;/h3,5H,4,6-8H2,1-2H3;/b5-3+;. The van der Waals surface area contributed by atoms with E-state index in [1.165, 1.54) is 25.7 Å². The van der Waals surface area contributed by atoms with E-state index < -0.39 is 0 Å². The van der Waals surface area contributed by atoms with Crippen LogP contribution in [0.4, 0.5) is 0 Å². The molecule has 0 heterocycles. The van der Waals surface area contributed by atoms with Crippen LogP contribution in [0.3, 0.4) is 0 Å². The zero-order chi connectivity index (χ0) is 6.24. The molecule has 0 unspecified atom stereocenters. The zero-order valence-corrected chi connectivity index (χ0v) is 7.96. The van der Waals surface area contributed by atoms with Crippen molar-refractivity contribution in [3.8, 4) is 0 Å². The van der Waals surface area contributed by atoms with Gasteiger partial charge in [-0.1, -0.05) is 31.9 Å². The van der Waals surface area contributed by atoms with Crippen molar-refractivity contribution in [3.63, 3.8) is 0 Å². The van der Waals surface area contributed by atoms with E-state index in [4.69, 9.17) is 0 Å². The monoisotopic (exact) mass is 215 g/mol. The molecular weight excluding hydrogens is 199 g/mol. The van der Waals surface area contributed by atoms with Gasteiger partial charge in [-0.05, 0) is 19.8 Å². The van der Waals surface area contributed by atoms with Gasteiger partial charge in [0, 0.05) is 19.5 Å². The summed E-state index contributed by atoms with van der Waals surface area (Å²) in [5.41, 5.74) is 0. The van der Waals surface area contributed by atoms with Crippen molar-refractivity contribution < 1.29 is 19.5 Å². The summed E-state index contributed by atoms with van der Waals surface area (Å²) in [5.74, 6) is 0. The van der Waals surface area contributed by atoms with Gasteiger partial charge in [-0.15, -0.1) is 0 Å². The van der Waals surface area contributed by atoms with Crippen LogP contribution in [0, 0.1) is 0 Å². The van der Waals surface area contributed by atoms with Gasteiger partial charge in [0.2, 0.25) is 0 Å². The van der Waals surface area contributed by atoms with Gasteiger partial charge >= 0.3 is 0 Å². The Balaban J connectivity index is 0. The van der Waals surface area contributed by atoms with Crippen LogP contribution in [0.15, 0.2) is 12.2 Å². The maximum atomic E-state index is 2.23. The van der Waals surface area contributed by atoms with Gasteiger partial charge in [-0.2, -0.15) is 0 Å². The van der Waals surface area contributed by atoms with E-state index in [2.05, 4.69) is 26.0 Å². The Kier molecular flexibility index (Phi) is 15.0. The minimum absolute atomic E-state index is 0. The summed E-state index contributed by atoms with van der Waals surface area (Å²) in [6.45, 7) is 4.31. The van der Waals surface area contributed by atoms with Crippen molar-refractivity contribution >= 4 is 0 Å². The molecule has 0 aromatic heterocycles. The smallest absolute Gasteiger partial charge is 0 e. The van der Waals surface area contributed by atoms with Crippen molar-refractivity contribution in [1.29, 1.82) is 0 Å². The molecule has 0 atom stereocenters.